The summed E-state index contributed by atoms with van der Waals surface area (Å²) in [7, 11) is 0. The molecule has 1 rings (SSSR count). The molecule has 4 heteroatoms. The van der Waals surface area contributed by atoms with Crippen LogP contribution < -0.4 is 5.32 Å². The summed E-state index contributed by atoms with van der Waals surface area (Å²) in [6.45, 7) is 10.1. The summed E-state index contributed by atoms with van der Waals surface area (Å²) in [4.78, 5) is 23.2. The lowest BCUT2D eigenvalue weighted by atomic mass is 10.0. The molecule has 0 spiro atoms. The van der Waals surface area contributed by atoms with Gasteiger partial charge in [-0.05, 0) is 39.0 Å². The fraction of sp³-hybridized carbons (Fsp3) is 0.857. The normalized spacial score (nSPS) is 22.8. The first-order valence-electron chi connectivity index (χ1n) is 6.68. The van der Waals surface area contributed by atoms with Crippen molar-refractivity contribution in [1.82, 2.24) is 5.32 Å². The third kappa shape index (κ3) is 5.52. The van der Waals surface area contributed by atoms with Gasteiger partial charge in [0.05, 0.1) is 0 Å². The molecule has 0 aromatic carbocycles. The molecular formula is C14H25NO3. The number of ketones is 1. The molecule has 1 amide bonds. The molecule has 2 atom stereocenters. The fourth-order valence-corrected chi connectivity index (χ4v) is 1.95. The van der Waals surface area contributed by atoms with Crippen molar-refractivity contribution < 1.29 is 14.3 Å². The van der Waals surface area contributed by atoms with Crippen LogP contribution in [0.2, 0.25) is 0 Å². The Morgan fingerprint density at radius 2 is 1.94 bits per heavy atom. The van der Waals surface area contributed by atoms with Crippen molar-refractivity contribution in [2.75, 3.05) is 6.54 Å². The van der Waals surface area contributed by atoms with Crippen LogP contribution in [0.1, 0.15) is 47.5 Å². The van der Waals surface area contributed by atoms with E-state index in [0.717, 1.165) is 6.42 Å². The van der Waals surface area contributed by atoms with Gasteiger partial charge in [0.15, 0.2) is 0 Å². The summed E-state index contributed by atoms with van der Waals surface area (Å²) in [6, 6.07) is 0. The minimum absolute atomic E-state index is 0.155. The van der Waals surface area contributed by atoms with E-state index in [1.807, 2.05) is 34.6 Å². The maximum Gasteiger partial charge on any atom is 0.407 e. The Kier molecular flexibility index (Phi) is 4.77. The van der Waals surface area contributed by atoms with E-state index in [-0.39, 0.29) is 5.92 Å². The van der Waals surface area contributed by atoms with Gasteiger partial charge < -0.3 is 10.1 Å². The van der Waals surface area contributed by atoms with Gasteiger partial charge in [-0.2, -0.15) is 0 Å². The number of rotatable bonds is 5. The number of hydrogen-bond acceptors (Lipinski definition) is 3. The van der Waals surface area contributed by atoms with Crippen molar-refractivity contribution in [2.45, 2.75) is 53.1 Å². The number of carbonyl (C=O) groups excluding carboxylic acids is 2. The van der Waals surface area contributed by atoms with Gasteiger partial charge in [-0.25, -0.2) is 4.79 Å². The van der Waals surface area contributed by atoms with Crippen molar-refractivity contribution in [3.8, 4) is 0 Å². The maximum atomic E-state index is 11.8. The molecule has 18 heavy (non-hydrogen) atoms. The van der Waals surface area contributed by atoms with E-state index < -0.39 is 11.7 Å². The Hall–Kier alpha value is -1.06. The van der Waals surface area contributed by atoms with Gasteiger partial charge in [-0.1, -0.05) is 13.8 Å². The van der Waals surface area contributed by atoms with E-state index in [2.05, 4.69) is 5.32 Å². The third-order valence-electron chi connectivity index (χ3n) is 2.85. The standard InChI is InChI=1S/C14H25NO3/c1-9(2)6-12(16)11-7-10(11)8-15-13(17)18-14(3,4)5/h9-11H,6-8H2,1-5H3,(H,15,17). The van der Waals surface area contributed by atoms with Crippen molar-refractivity contribution >= 4 is 11.9 Å². The zero-order chi connectivity index (χ0) is 13.9. The Morgan fingerprint density at radius 1 is 1.33 bits per heavy atom. The molecule has 0 radical (unpaired) electrons. The van der Waals surface area contributed by atoms with Gasteiger partial charge in [0.2, 0.25) is 0 Å². The lowest BCUT2D eigenvalue weighted by Gasteiger charge is -2.19. The zero-order valence-electron chi connectivity index (χ0n) is 12.1. The first-order valence-corrected chi connectivity index (χ1v) is 6.68. The Bertz CT molecular complexity index is 317. The van der Waals surface area contributed by atoms with E-state index in [1.54, 1.807) is 0 Å². The SMILES string of the molecule is CC(C)CC(=O)C1CC1CNC(=O)OC(C)(C)C. The van der Waals surface area contributed by atoms with Crippen molar-refractivity contribution in [3.05, 3.63) is 0 Å². The van der Waals surface area contributed by atoms with Gasteiger partial charge in [0.25, 0.3) is 0 Å². The van der Waals surface area contributed by atoms with Crippen LogP contribution in [0, 0.1) is 17.8 Å². The van der Waals surface area contributed by atoms with Crippen molar-refractivity contribution in [2.24, 2.45) is 17.8 Å². The number of alkyl carbamates (subject to hydrolysis) is 1. The summed E-state index contributed by atoms with van der Waals surface area (Å²) in [6.07, 6.45) is 1.15. The molecule has 1 N–H and O–H groups in total. The molecule has 2 unspecified atom stereocenters. The van der Waals surface area contributed by atoms with Crippen LogP contribution in [0.5, 0.6) is 0 Å². The smallest absolute Gasteiger partial charge is 0.407 e. The molecule has 0 aromatic heterocycles. The third-order valence-corrected chi connectivity index (χ3v) is 2.85. The molecule has 1 saturated carbocycles. The second-order valence-corrected chi connectivity index (χ2v) is 6.55. The summed E-state index contributed by atoms with van der Waals surface area (Å²) in [5, 5.41) is 2.73. The first-order chi connectivity index (χ1) is 8.19. The molecule has 1 aliphatic rings. The Balaban J connectivity index is 2.20. The van der Waals surface area contributed by atoms with Crippen LogP contribution in [0.3, 0.4) is 0 Å². The molecule has 0 aromatic rings. The highest BCUT2D eigenvalue weighted by atomic mass is 16.6. The topological polar surface area (TPSA) is 55.4 Å². The number of carbonyl (C=O) groups is 2. The fourth-order valence-electron chi connectivity index (χ4n) is 1.95. The van der Waals surface area contributed by atoms with Crippen LogP contribution in [0.25, 0.3) is 0 Å². The van der Waals surface area contributed by atoms with Crippen molar-refractivity contribution in [3.63, 3.8) is 0 Å². The quantitative estimate of drug-likeness (QED) is 0.821. The second-order valence-electron chi connectivity index (χ2n) is 6.55. The molecule has 0 heterocycles. The van der Waals surface area contributed by atoms with Gasteiger partial charge in [0, 0.05) is 18.9 Å². The van der Waals surface area contributed by atoms with Crippen LogP contribution in [0.4, 0.5) is 4.79 Å². The lowest BCUT2D eigenvalue weighted by molar-refractivity contribution is -0.121. The van der Waals surface area contributed by atoms with E-state index >= 15 is 0 Å². The molecule has 1 aliphatic carbocycles. The number of amides is 1. The van der Waals surface area contributed by atoms with Gasteiger partial charge >= 0.3 is 6.09 Å². The largest absolute Gasteiger partial charge is 0.444 e. The Labute approximate surface area is 109 Å². The number of nitrogens with one attached hydrogen (secondary N) is 1. The number of ether oxygens (including phenoxy) is 1. The summed E-state index contributed by atoms with van der Waals surface area (Å²) in [5.41, 5.74) is -0.472. The first kappa shape index (κ1) is 15.0. The second kappa shape index (κ2) is 5.72. The van der Waals surface area contributed by atoms with Crippen LogP contribution in [0.15, 0.2) is 0 Å². The maximum absolute atomic E-state index is 11.8. The van der Waals surface area contributed by atoms with Crippen LogP contribution >= 0.6 is 0 Å². The van der Waals surface area contributed by atoms with Gasteiger partial charge in [0.1, 0.15) is 11.4 Å². The highest BCUT2D eigenvalue weighted by Gasteiger charge is 2.42. The summed E-state index contributed by atoms with van der Waals surface area (Å²) < 4.78 is 5.14. The van der Waals surface area contributed by atoms with Crippen LogP contribution in [-0.2, 0) is 9.53 Å². The Morgan fingerprint density at radius 3 is 2.44 bits per heavy atom. The van der Waals surface area contributed by atoms with E-state index in [9.17, 15) is 9.59 Å². The lowest BCUT2D eigenvalue weighted by Crippen LogP contribution is -2.33. The molecule has 0 bridgehead atoms. The monoisotopic (exact) mass is 255 g/mol. The highest BCUT2D eigenvalue weighted by molar-refractivity contribution is 5.84. The van der Waals surface area contributed by atoms with E-state index in [0.29, 0.717) is 30.6 Å². The average molecular weight is 255 g/mol. The predicted octanol–water partition coefficient (Wildman–Crippen LogP) is 2.76. The zero-order valence-corrected chi connectivity index (χ0v) is 12.1. The average Bonchev–Trinajstić information content (AvgIpc) is 2.89. The van der Waals surface area contributed by atoms with Gasteiger partial charge in [-0.15, -0.1) is 0 Å². The minimum Gasteiger partial charge on any atom is -0.444 e. The number of hydrogen-bond donors (Lipinski definition) is 1. The molecule has 104 valence electrons. The highest BCUT2D eigenvalue weighted by Crippen LogP contribution is 2.39. The van der Waals surface area contributed by atoms with Crippen LogP contribution in [-0.4, -0.2) is 24.0 Å². The number of Topliss-reactive ketones (excluding diaryl/α,β-unsaturated/α-hetero) is 1. The molecule has 0 saturated heterocycles. The molecular weight excluding hydrogens is 230 g/mol. The molecule has 0 aliphatic heterocycles. The van der Waals surface area contributed by atoms with E-state index in [4.69, 9.17) is 4.74 Å². The minimum atomic E-state index is -0.472. The predicted molar refractivity (Wildman–Crippen MR) is 70.3 cm³/mol. The van der Waals surface area contributed by atoms with Crippen molar-refractivity contribution in [1.29, 1.82) is 0 Å². The summed E-state index contributed by atoms with van der Waals surface area (Å²) >= 11 is 0. The molecule has 4 nitrogen and oxygen atoms in total. The molecule has 1 fully saturated rings. The van der Waals surface area contributed by atoms with Gasteiger partial charge in [-0.3, -0.25) is 4.79 Å². The van der Waals surface area contributed by atoms with E-state index in [1.165, 1.54) is 0 Å². The summed E-state index contributed by atoms with van der Waals surface area (Å²) in [5.74, 6) is 1.21.